The number of rotatable bonds is 47. The van der Waals surface area contributed by atoms with Crippen molar-refractivity contribution in [1.29, 1.82) is 0 Å². The molecule has 1 atom stereocenters. The fourth-order valence-electron chi connectivity index (χ4n) is 7.86. The van der Waals surface area contributed by atoms with Gasteiger partial charge < -0.3 is 14.2 Å². The summed E-state index contributed by atoms with van der Waals surface area (Å²) in [4.78, 5) is 37.8. The molecule has 0 unspecified atom stereocenters. The molecule has 0 saturated carbocycles. The van der Waals surface area contributed by atoms with Crippen LogP contribution >= 0.6 is 0 Å². The van der Waals surface area contributed by atoms with Gasteiger partial charge in [-0.3, -0.25) is 14.4 Å². The van der Waals surface area contributed by atoms with E-state index < -0.39 is 6.10 Å². The summed E-state index contributed by atoms with van der Waals surface area (Å²) in [5.41, 5.74) is 0. The highest BCUT2D eigenvalue weighted by molar-refractivity contribution is 5.71. The standard InChI is InChI=1S/C52H100O6/c1-5-7-9-11-13-15-28-31-35-39-43-50(53)56-46-49(58-52(55)45-41-37-33-26-14-12-10-8-6-2)47-57-51(54)44-40-36-32-29-25-23-21-19-17-16-18-20-22-24-27-30-34-38-42-48(3)4/h48-49H,5-47H2,1-4H3/t49-/m0/s1. The smallest absolute Gasteiger partial charge is 0.306 e. The van der Waals surface area contributed by atoms with Crippen LogP contribution in [0.15, 0.2) is 0 Å². The first-order valence-corrected chi connectivity index (χ1v) is 25.9. The van der Waals surface area contributed by atoms with E-state index in [2.05, 4.69) is 27.7 Å². The van der Waals surface area contributed by atoms with Gasteiger partial charge in [-0.15, -0.1) is 0 Å². The molecule has 344 valence electrons. The summed E-state index contributed by atoms with van der Waals surface area (Å²) in [7, 11) is 0. The van der Waals surface area contributed by atoms with Crippen molar-refractivity contribution in [3.05, 3.63) is 0 Å². The third-order valence-electron chi connectivity index (χ3n) is 11.8. The molecule has 0 fully saturated rings. The topological polar surface area (TPSA) is 78.9 Å². The Labute approximate surface area is 361 Å². The van der Waals surface area contributed by atoms with Crippen LogP contribution in [-0.2, 0) is 28.6 Å². The third kappa shape index (κ3) is 45.5. The average molecular weight is 821 g/mol. The van der Waals surface area contributed by atoms with Crippen LogP contribution in [0.3, 0.4) is 0 Å². The molecule has 0 aliphatic carbocycles. The van der Waals surface area contributed by atoms with Gasteiger partial charge in [0.25, 0.3) is 0 Å². The highest BCUT2D eigenvalue weighted by atomic mass is 16.6. The van der Waals surface area contributed by atoms with Crippen LogP contribution < -0.4 is 0 Å². The summed E-state index contributed by atoms with van der Waals surface area (Å²) in [5, 5.41) is 0. The van der Waals surface area contributed by atoms with E-state index in [0.29, 0.717) is 19.3 Å². The van der Waals surface area contributed by atoms with Crippen molar-refractivity contribution in [2.24, 2.45) is 5.92 Å². The van der Waals surface area contributed by atoms with Gasteiger partial charge in [0.1, 0.15) is 13.2 Å². The molecular formula is C52H100O6. The Kier molecular flexibility index (Phi) is 45.2. The number of carbonyl (C=O) groups excluding carboxylic acids is 3. The van der Waals surface area contributed by atoms with E-state index in [-0.39, 0.29) is 31.1 Å². The summed E-state index contributed by atoms with van der Waals surface area (Å²) in [6, 6.07) is 0. The lowest BCUT2D eigenvalue weighted by Gasteiger charge is -2.18. The van der Waals surface area contributed by atoms with Crippen molar-refractivity contribution in [2.45, 2.75) is 297 Å². The first-order chi connectivity index (χ1) is 28.4. The fraction of sp³-hybridized carbons (Fsp3) is 0.942. The van der Waals surface area contributed by atoms with Gasteiger partial charge in [0.05, 0.1) is 0 Å². The van der Waals surface area contributed by atoms with Crippen LogP contribution in [0.5, 0.6) is 0 Å². The van der Waals surface area contributed by atoms with Crippen molar-refractivity contribution in [2.75, 3.05) is 13.2 Å². The molecule has 0 aliphatic rings. The zero-order valence-electron chi connectivity index (χ0n) is 39.5. The molecule has 6 nitrogen and oxygen atoms in total. The summed E-state index contributed by atoms with van der Waals surface area (Å²) in [6.07, 6.45) is 48.1. The number of hydrogen-bond acceptors (Lipinski definition) is 6. The quantitative estimate of drug-likeness (QED) is 0.0346. The molecule has 0 N–H and O–H groups in total. The van der Waals surface area contributed by atoms with E-state index in [1.165, 1.54) is 186 Å². The summed E-state index contributed by atoms with van der Waals surface area (Å²) >= 11 is 0. The lowest BCUT2D eigenvalue weighted by molar-refractivity contribution is -0.167. The molecule has 0 heterocycles. The molecular weight excluding hydrogens is 721 g/mol. The van der Waals surface area contributed by atoms with Crippen LogP contribution in [0.4, 0.5) is 0 Å². The van der Waals surface area contributed by atoms with E-state index in [0.717, 1.165) is 63.7 Å². The summed E-state index contributed by atoms with van der Waals surface area (Å²) in [6.45, 7) is 9.01. The first kappa shape index (κ1) is 56.4. The Morgan fingerprint density at radius 2 is 0.569 bits per heavy atom. The second kappa shape index (κ2) is 46.5. The van der Waals surface area contributed by atoms with E-state index in [1.54, 1.807) is 0 Å². The molecule has 0 aromatic heterocycles. The van der Waals surface area contributed by atoms with Gasteiger partial charge in [-0.05, 0) is 25.2 Å². The van der Waals surface area contributed by atoms with Gasteiger partial charge in [0, 0.05) is 19.3 Å². The predicted octanol–water partition coefficient (Wildman–Crippen LogP) is 16.7. The second-order valence-corrected chi connectivity index (χ2v) is 18.3. The molecule has 0 saturated heterocycles. The minimum Gasteiger partial charge on any atom is -0.462 e. The molecule has 0 aromatic rings. The van der Waals surface area contributed by atoms with Gasteiger partial charge in [-0.25, -0.2) is 0 Å². The monoisotopic (exact) mass is 821 g/mol. The number of esters is 3. The normalized spacial score (nSPS) is 11.9. The zero-order valence-corrected chi connectivity index (χ0v) is 39.5. The lowest BCUT2D eigenvalue weighted by atomic mass is 10.0. The van der Waals surface area contributed by atoms with Gasteiger partial charge in [-0.2, -0.15) is 0 Å². The third-order valence-corrected chi connectivity index (χ3v) is 11.8. The molecule has 0 rings (SSSR count). The SMILES string of the molecule is CCCCCCCCCCCCC(=O)OC[C@@H](COC(=O)CCCCCCCCCCCCCCCCCCCCC(C)C)OC(=O)CCCCCCCCCCC. The van der Waals surface area contributed by atoms with E-state index in [4.69, 9.17) is 14.2 Å². The zero-order chi connectivity index (χ0) is 42.4. The largest absolute Gasteiger partial charge is 0.462 e. The number of carbonyl (C=O) groups is 3. The molecule has 0 aromatic carbocycles. The number of ether oxygens (including phenoxy) is 3. The fourth-order valence-corrected chi connectivity index (χ4v) is 7.86. The van der Waals surface area contributed by atoms with Gasteiger partial charge in [-0.1, -0.05) is 252 Å². The Balaban J connectivity index is 4.13. The predicted molar refractivity (Wildman–Crippen MR) is 247 cm³/mol. The summed E-state index contributed by atoms with van der Waals surface area (Å²) in [5.74, 6) is 0.00946. The van der Waals surface area contributed by atoms with Gasteiger partial charge in [0.2, 0.25) is 0 Å². The molecule has 0 bridgehead atoms. The van der Waals surface area contributed by atoms with Crippen molar-refractivity contribution >= 4 is 17.9 Å². The van der Waals surface area contributed by atoms with Crippen LogP contribution in [0.1, 0.15) is 291 Å². The Bertz CT molecular complexity index is 872. The molecule has 0 aliphatic heterocycles. The minimum atomic E-state index is -0.759. The van der Waals surface area contributed by atoms with Crippen molar-refractivity contribution in [3.8, 4) is 0 Å². The Morgan fingerprint density at radius 1 is 0.328 bits per heavy atom. The molecule has 6 heteroatoms. The van der Waals surface area contributed by atoms with E-state index >= 15 is 0 Å². The maximum atomic E-state index is 12.7. The molecule has 0 amide bonds. The van der Waals surface area contributed by atoms with Crippen LogP contribution in [0, 0.1) is 5.92 Å². The van der Waals surface area contributed by atoms with Crippen LogP contribution in [0.25, 0.3) is 0 Å². The van der Waals surface area contributed by atoms with Gasteiger partial charge in [0.15, 0.2) is 6.10 Å². The van der Waals surface area contributed by atoms with Crippen molar-refractivity contribution in [1.82, 2.24) is 0 Å². The molecule has 58 heavy (non-hydrogen) atoms. The number of unbranched alkanes of at least 4 members (excludes halogenated alkanes) is 34. The average Bonchev–Trinajstić information content (AvgIpc) is 3.21. The van der Waals surface area contributed by atoms with E-state index in [9.17, 15) is 14.4 Å². The van der Waals surface area contributed by atoms with Gasteiger partial charge >= 0.3 is 17.9 Å². The second-order valence-electron chi connectivity index (χ2n) is 18.3. The van der Waals surface area contributed by atoms with Crippen molar-refractivity contribution < 1.29 is 28.6 Å². The Morgan fingerprint density at radius 3 is 0.845 bits per heavy atom. The summed E-state index contributed by atoms with van der Waals surface area (Å²) < 4.78 is 16.7. The number of hydrogen-bond donors (Lipinski definition) is 0. The maximum absolute atomic E-state index is 12.7. The first-order valence-electron chi connectivity index (χ1n) is 25.9. The molecule has 0 spiro atoms. The Hall–Kier alpha value is -1.59. The lowest BCUT2D eigenvalue weighted by Crippen LogP contribution is -2.30. The van der Waals surface area contributed by atoms with Crippen LogP contribution in [-0.4, -0.2) is 37.2 Å². The minimum absolute atomic E-state index is 0.0629. The van der Waals surface area contributed by atoms with Crippen molar-refractivity contribution in [3.63, 3.8) is 0 Å². The highest BCUT2D eigenvalue weighted by Gasteiger charge is 2.19. The maximum Gasteiger partial charge on any atom is 0.306 e. The van der Waals surface area contributed by atoms with E-state index in [1.807, 2.05) is 0 Å². The molecule has 0 radical (unpaired) electrons. The van der Waals surface area contributed by atoms with Crippen LogP contribution in [0.2, 0.25) is 0 Å². The highest BCUT2D eigenvalue weighted by Crippen LogP contribution is 2.17.